The number of hydrogen-bond acceptors (Lipinski definition) is 8. The summed E-state index contributed by atoms with van der Waals surface area (Å²) in [5, 5.41) is -0.238. The standard InChI is InChI=1S/C15H11N5O3S2/c1-25(22,23)15-19-24-14-18-13(21)10(12(16)20(14)15)6-8-7-17-11-5-3-2-4-9(8)11/h2-7H,16H2,1H3. The fourth-order valence-electron chi connectivity index (χ4n) is 2.58. The normalized spacial score (nSPS) is 15.2. The lowest BCUT2D eigenvalue weighted by atomic mass is 10.1. The Kier molecular flexibility index (Phi) is 3.34. The van der Waals surface area contributed by atoms with Crippen molar-refractivity contribution >= 4 is 55.7 Å². The van der Waals surface area contributed by atoms with E-state index in [-0.39, 0.29) is 21.5 Å². The van der Waals surface area contributed by atoms with Crippen LogP contribution in [0.15, 0.2) is 39.2 Å². The first-order valence-electron chi connectivity index (χ1n) is 7.09. The van der Waals surface area contributed by atoms with Crippen LogP contribution in [0, 0.1) is 0 Å². The number of aliphatic imine (C=N–C) groups is 1. The highest BCUT2D eigenvalue weighted by atomic mass is 32.2. The van der Waals surface area contributed by atoms with E-state index in [1.807, 2.05) is 24.3 Å². The highest BCUT2D eigenvalue weighted by molar-refractivity contribution is 7.90. The predicted octanol–water partition coefficient (Wildman–Crippen LogP) is 1.39. The van der Waals surface area contributed by atoms with E-state index in [0.717, 1.165) is 29.0 Å². The Bertz CT molecular complexity index is 1250. The summed E-state index contributed by atoms with van der Waals surface area (Å²) in [6, 6.07) is 7.46. The summed E-state index contributed by atoms with van der Waals surface area (Å²) in [4.78, 5) is 20.7. The number of nitrogen functional groups attached to an aromatic ring is 1. The molecule has 2 aromatic heterocycles. The zero-order valence-corrected chi connectivity index (χ0v) is 14.5. The molecule has 10 heteroatoms. The zero-order chi connectivity index (χ0) is 17.8. The van der Waals surface area contributed by atoms with Gasteiger partial charge in [0.25, 0.3) is 5.56 Å². The average molecular weight is 373 g/mol. The Morgan fingerprint density at radius 2 is 2.04 bits per heavy atom. The Morgan fingerprint density at radius 3 is 2.80 bits per heavy atom. The summed E-state index contributed by atoms with van der Waals surface area (Å²) in [7, 11) is -3.62. The van der Waals surface area contributed by atoms with Crippen molar-refractivity contribution in [3.63, 3.8) is 0 Å². The van der Waals surface area contributed by atoms with Crippen molar-refractivity contribution in [3.05, 3.63) is 45.7 Å². The largest absolute Gasteiger partial charge is 0.384 e. The number of benzene rings is 1. The van der Waals surface area contributed by atoms with Crippen molar-refractivity contribution in [1.82, 2.24) is 13.8 Å². The average Bonchev–Trinajstić information content (AvgIpc) is 3.15. The molecule has 25 heavy (non-hydrogen) atoms. The Morgan fingerprint density at radius 1 is 1.28 bits per heavy atom. The highest BCUT2D eigenvalue weighted by Gasteiger charge is 2.22. The third-order valence-corrected chi connectivity index (χ3v) is 5.48. The molecule has 0 radical (unpaired) electrons. The van der Waals surface area contributed by atoms with Gasteiger partial charge in [0.1, 0.15) is 5.82 Å². The monoisotopic (exact) mass is 373 g/mol. The van der Waals surface area contributed by atoms with Crippen LogP contribution in [0.1, 0.15) is 11.1 Å². The summed E-state index contributed by atoms with van der Waals surface area (Å²) < 4.78 is 28.8. The first-order valence-corrected chi connectivity index (χ1v) is 9.76. The molecule has 4 rings (SSSR count). The lowest BCUT2D eigenvalue weighted by molar-refractivity contribution is 0.593. The molecule has 0 unspecified atom stereocenters. The maximum Gasteiger partial charge on any atom is 0.283 e. The molecule has 0 saturated heterocycles. The van der Waals surface area contributed by atoms with Gasteiger partial charge in [-0.05, 0) is 12.1 Å². The fraction of sp³-hybridized carbons (Fsp3) is 0.0667. The van der Waals surface area contributed by atoms with Crippen molar-refractivity contribution in [2.24, 2.45) is 4.99 Å². The number of nitrogens with zero attached hydrogens (tertiary/aromatic N) is 4. The van der Waals surface area contributed by atoms with E-state index in [2.05, 4.69) is 14.3 Å². The third-order valence-electron chi connectivity index (χ3n) is 3.72. The number of rotatable bonds is 2. The first-order chi connectivity index (χ1) is 11.9. The molecule has 1 aliphatic rings. The maximum absolute atomic E-state index is 12.3. The number of nitrogens with two attached hydrogens (primary N) is 1. The predicted molar refractivity (Wildman–Crippen MR) is 97.1 cm³/mol. The molecule has 126 valence electrons. The minimum atomic E-state index is -3.62. The Hall–Kier alpha value is -2.85. The molecule has 1 aromatic carbocycles. The second kappa shape index (κ2) is 5.33. The molecule has 0 fully saturated rings. The van der Waals surface area contributed by atoms with Crippen LogP contribution in [-0.4, -0.2) is 34.6 Å². The second-order valence-electron chi connectivity index (χ2n) is 5.45. The first kappa shape index (κ1) is 15.7. The molecule has 0 amide bonds. The number of allylic oxidation sites excluding steroid dienone is 1. The summed E-state index contributed by atoms with van der Waals surface area (Å²) in [5.74, 6) is -0.0190. The number of fused-ring (bicyclic) bond motifs is 2. The van der Waals surface area contributed by atoms with Crippen LogP contribution in [0.4, 0.5) is 11.5 Å². The van der Waals surface area contributed by atoms with Gasteiger partial charge in [-0.15, -0.1) is 0 Å². The molecule has 0 aliphatic carbocycles. The van der Waals surface area contributed by atoms with Gasteiger partial charge < -0.3 is 5.73 Å². The summed E-state index contributed by atoms with van der Waals surface area (Å²) in [5.41, 5.74) is 7.99. The van der Waals surface area contributed by atoms with Gasteiger partial charge in [0, 0.05) is 35.1 Å². The van der Waals surface area contributed by atoms with Gasteiger partial charge in [-0.1, -0.05) is 18.2 Å². The van der Waals surface area contributed by atoms with Gasteiger partial charge in [0.05, 0.1) is 11.3 Å². The highest BCUT2D eigenvalue weighted by Crippen LogP contribution is 2.32. The van der Waals surface area contributed by atoms with E-state index < -0.39 is 15.4 Å². The van der Waals surface area contributed by atoms with Gasteiger partial charge in [-0.25, -0.2) is 12.8 Å². The van der Waals surface area contributed by atoms with E-state index >= 15 is 0 Å². The molecular weight excluding hydrogens is 362 g/mol. The molecule has 0 bridgehead atoms. The van der Waals surface area contributed by atoms with Gasteiger partial charge >= 0.3 is 0 Å². The van der Waals surface area contributed by atoms with E-state index in [1.165, 1.54) is 4.40 Å². The van der Waals surface area contributed by atoms with Crippen LogP contribution in [0.5, 0.6) is 0 Å². The number of aromatic nitrogens is 3. The summed E-state index contributed by atoms with van der Waals surface area (Å²) in [6.07, 6.45) is 4.22. The van der Waals surface area contributed by atoms with Gasteiger partial charge in [0.15, 0.2) is 0 Å². The quantitative estimate of drug-likeness (QED) is 0.725. The van der Waals surface area contributed by atoms with E-state index in [4.69, 9.17) is 5.73 Å². The molecule has 0 saturated carbocycles. The van der Waals surface area contributed by atoms with Crippen LogP contribution in [0.2, 0.25) is 0 Å². The van der Waals surface area contributed by atoms with Crippen LogP contribution >= 0.6 is 11.5 Å². The van der Waals surface area contributed by atoms with E-state index in [0.29, 0.717) is 5.57 Å². The number of hydrogen-bond donors (Lipinski definition) is 1. The van der Waals surface area contributed by atoms with Crippen LogP contribution in [0.25, 0.3) is 16.6 Å². The molecule has 1 aliphatic heterocycles. The molecular formula is C15H11N5O3S2. The molecule has 8 nitrogen and oxygen atoms in total. The SMILES string of the molecule is CS(=O)(=O)c1nsc2nc(=O)c(C=C3C=Nc4ccccc43)c(N)n12. The van der Waals surface area contributed by atoms with E-state index in [1.54, 1.807) is 12.3 Å². The Balaban J connectivity index is 2.00. The van der Waals surface area contributed by atoms with E-state index in [9.17, 15) is 13.2 Å². The van der Waals surface area contributed by atoms with Crippen LogP contribution in [-0.2, 0) is 9.84 Å². The molecule has 0 spiro atoms. The summed E-state index contributed by atoms with van der Waals surface area (Å²) >= 11 is 0.805. The number of sulfone groups is 1. The van der Waals surface area contributed by atoms with Crippen LogP contribution < -0.4 is 11.3 Å². The Labute approximate surface area is 146 Å². The smallest absolute Gasteiger partial charge is 0.283 e. The fourth-order valence-corrected chi connectivity index (χ4v) is 4.43. The molecule has 3 aromatic rings. The minimum absolute atomic E-state index is 0.0190. The minimum Gasteiger partial charge on any atom is -0.384 e. The van der Waals surface area contributed by atoms with Crippen molar-refractivity contribution in [3.8, 4) is 0 Å². The lowest BCUT2D eigenvalue weighted by Gasteiger charge is -2.06. The molecule has 2 N–H and O–H groups in total. The van der Waals surface area contributed by atoms with Crippen molar-refractivity contribution < 1.29 is 8.42 Å². The third kappa shape index (κ3) is 2.46. The molecule has 3 heterocycles. The number of anilines is 1. The zero-order valence-electron chi connectivity index (χ0n) is 12.9. The maximum atomic E-state index is 12.3. The number of para-hydroxylation sites is 1. The van der Waals surface area contributed by atoms with Gasteiger partial charge in [-0.3, -0.25) is 9.79 Å². The van der Waals surface area contributed by atoms with Crippen molar-refractivity contribution in [1.29, 1.82) is 0 Å². The van der Waals surface area contributed by atoms with Gasteiger partial charge in [-0.2, -0.15) is 9.36 Å². The van der Waals surface area contributed by atoms with Crippen molar-refractivity contribution in [2.45, 2.75) is 5.16 Å². The van der Waals surface area contributed by atoms with Gasteiger partial charge in [0.2, 0.25) is 20.0 Å². The summed E-state index contributed by atoms with van der Waals surface area (Å²) in [6.45, 7) is 0. The topological polar surface area (TPSA) is 120 Å². The van der Waals surface area contributed by atoms with Crippen molar-refractivity contribution in [2.75, 3.05) is 12.0 Å². The lowest BCUT2D eigenvalue weighted by Crippen LogP contribution is -2.18. The molecule has 0 atom stereocenters. The second-order valence-corrected chi connectivity index (χ2v) is 8.09. The van der Waals surface area contributed by atoms with Crippen LogP contribution in [0.3, 0.4) is 0 Å².